The minimum absolute atomic E-state index is 0.0700. The van der Waals surface area contributed by atoms with Crippen LogP contribution in [0.1, 0.15) is 17.2 Å². The van der Waals surface area contributed by atoms with Crippen molar-refractivity contribution in [3.8, 4) is 5.75 Å². The van der Waals surface area contributed by atoms with Crippen molar-refractivity contribution in [3.05, 3.63) is 28.3 Å². The van der Waals surface area contributed by atoms with E-state index in [-0.39, 0.29) is 17.9 Å². The molecular formula is C10H14ClNO3. The summed E-state index contributed by atoms with van der Waals surface area (Å²) in [7, 11) is 0. The Morgan fingerprint density at radius 1 is 1.40 bits per heavy atom. The van der Waals surface area contributed by atoms with E-state index in [0.717, 1.165) is 0 Å². The number of aliphatic hydroxyl groups excluding tert-OH is 2. The van der Waals surface area contributed by atoms with Crippen LogP contribution < -0.4 is 5.73 Å². The molecule has 1 aromatic carbocycles. The maximum Gasteiger partial charge on any atom is 0.124 e. The molecule has 2 atom stereocenters. The monoisotopic (exact) mass is 231 g/mol. The van der Waals surface area contributed by atoms with Crippen LogP contribution >= 0.6 is 11.6 Å². The summed E-state index contributed by atoms with van der Waals surface area (Å²) in [6.45, 7) is 1.57. The lowest BCUT2D eigenvalue weighted by atomic mass is 10.0. The second-order valence-corrected chi connectivity index (χ2v) is 3.84. The van der Waals surface area contributed by atoms with Crippen LogP contribution in [0.4, 0.5) is 0 Å². The third-order valence-electron chi connectivity index (χ3n) is 2.22. The van der Waals surface area contributed by atoms with Gasteiger partial charge in [-0.25, -0.2) is 0 Å². The average molecular weight is 232 g/mol. The van der Waals surface area contributed by atoms with Crippen LogP contribution in [0, 0.1) is 6.92 Å². The molecule has 0 spiro atoms. The fourth-order valence-corrected chi connectivity index (χ4v) is 1.60. The lowest BCUT2D eigenvalue weighted by Gasteiger charge is -2.18. The quantitative estimate of drug-likeness (QED) is 0.617. The van der Waals surface area contributed by atoms with Crippen LogP contribution in [0.5, 0.6) is 5.75 Å². The predicted molar refractivity (Wildman–Crippen MR) is 57.9 cm³/mol. The van der Waals surface area contributed by atoms with Gasteiger partial charge in [0.15, 0.2) is 0 Å². The molecule has 0 saturated carbocycles. The number of rotatable bonds is 3. The SMILES string of the molecule is Cc1cc(Cl)cc(C(O)C(O)CN)c1O. The number of benzene rings is 1. The number of hydrogen-bond donors (Lipinski definition) is 4. The van der Waals surface area contributed by atoms with Crippen molar-refractivity contribution < 1.29 is 15.3 Å². The highest BCUT2D eigenvalue weighted by Crippen LogP contribution is 2.32. The van der Waals surface area contributed by atoms with Gasteiger partial charge in [0.25, 0.3) is 0 Å². The molecule has 4 nitrogen and oxygen atoms in total. The van der Waals surface area contributed by atoms with Gasteiger partial charge in [0.2, 0.25) is 0 Å². The zero-order chi connectivity index (χ0) is 11.6. The van der Waals surface area contributed by atoms with Gasteiger partial charge in [-0.1, -0.05) is 11.6 Å². The van der Waals surface area contributed by atoms with Crippen LogP contribution in [0.2, 0.25) is 5.02 Å². The van der Waals surface area contributed by atoms with Crippen molar-refractivity contribution in [1.82, 2.24) is 0 Å². The maximum absolute atomic E-state index is 9.67. The molecule has 1 rings (SSSR count). The first-order chi connectivity index (χ1) is 6.97. The number of phenolic OH excluding ortho intramolecular Hbond substituents is 1. The summed E-state index contributed by atoms with van der Waals surface area (Å²) < 4.78 is 0. The predicted octanol–water partition coefficient (Wildman–Crippen LogP) is 0.707. The first-order valence-electron chi connectivity index (χ1n) is 4.52. The highest BCUT2D eigenvalue weighted by atomic mass is 35.5. The third kappa shape index (κ3) is 2.60. The molecule has 0 aliphatic heterocycles. The Bertz CT molecular complexity index is 357. The highest BCUT2D eigenvalue weighted by molar-refractivity contribution is 6.30. The Kier molecular flexibility index (Phi) is 3.93. The zero-order valence-electron chi connectivity index (χ0n) is 8.31. The van der Waals surface area contributed by atoms with Crippen molar-refractivity contribution in [3.63, 3.8) is 0 Å². The molecule has 5 heteroatoms. The number of aromatic hydroxyl groups is 1. The highest BCUT2D eigenvalue weighted by Gasteiger charge is 2.21. The van der Waals surface area contributed by atoms with Gasteiger partial charge in [-0.05, 0) is 24.6 Å². The second-order valence-electron chi connectivity index (χ2n) is 3.41. The zero-order valence-corrected chi connectivity index (χ0v) is 9.07. The molecule has 0 heterocycles. The maximum atomic E-state index is 9.67. The minimum atomic E-state index is -1.23. The van der Waals surface area contributed by atoms with Crippen LogP contribution in [0.3, 0.4) is 0 Å². The number of phenols is 1. The first-order valence-corrected chi connectivity index (χ1v) is 4.90. The van der Waals surface area contributed by atoms with E-state index < -0.39 is 12.2 Å². The summed E-state index contributed by atoms with van der Waals surface area (Å²) in [5, 5.41) is 29.1. The number of nitrogens with two attached hydrogens (primary N) is 1. The molecule has 0 amide bonds. The molecule has 0 fully saturated rings. The first kappa shape index (κ1) is 12.3. The Balaban J connectivity index is 3.13. The normalized spacial score (nSPS) is 15.0. The number of aryl methyl sites for hydroxylation is 1. The number of hydrogen-bond acceptors (Lipinski definition) is 4. The molecule has 84 valence electrons. The topological polar surface area (TPSA) is 86.7 Å². The van der Waals surface area contributed by atoms with Crippen LogP contribution in [-0.4, -0.2) is 28.0 Å². The fourth-order valence-electron chi connectivity index (χ4n) is 1.32. The van der Waals surface area contributed by atoms with Crippen LogP contribution in [-0.2, 0) is 0 Å². The van der Waals surface area contributed by atoms with E-state index in [1.54, 1.807) is 13.0 Å². The Hall–Kier alpha value is -0.810. The summed E-state index contributed by atoms with van der Waals surface area (Å²) in [6, 6.07) is 2.98. The van der Waals surface area contributed by atoms with Crippen molar-refractivity contribution in [2.24, 2.45) is 5.73 Å². The van der Waals surface area contributed by atoms with Gasteiger partial charge in [-0.3, -0.25) is 0 Å². The average Bonchev–Trinajstić information content (AvgIpc) is 2.21. The van der Waals surface area contributed by atoms with E-state index in [9.17, 15) is 15.3 Å². The standard InChI is InChI=1S/C10H14ClNO3/c1-5-2-6(11)3-7(9(5)14)10(15)8(13)4-12/h2-3,8,10,13-15H,4,12H2,1H3. The molecule has 0 saturated heterocycles. The smallest absolute Gasteiger partial charge is 0.124 e. The molecule has 5 N–H and O–H groups in total. The van der Waals surface area contributed by atoms with Crippen LogP contribution in [0.15, 0.2) is 12.1 Å². The van der Waals surface area contributed by atoms with E-state index in [1.165, 1.54) is 6.07 Å². The number of aliphatic hydroxyl groups is 2. The van der Waals surface area contributed by atoms with Gasteiger partial charge in [-0.15, -0.1) is 0 Å². The molecular weight excluding hydrogens is 218 g/mol. The molecule has 2 unspecified atom stereocenters. The van der Waals surface area contributed by atoms with Gasteiger partial charge in [0, 0.05) is 17.1 Å². The van der Waals surface area contributed by atoms with Crippen molar-refractivity contribution in [1.29, 1.82) is 0 Å². The summed E-state index contributed by atoms with van der Waals surface area (Å²) in [4.78, 5) is 0. The molecule has 0 bridgehead atoms. The lowest BCUT2D eigenvalue weighted by Crippen LogP contribution is -2.27. The Morgan fingerprint density at radius 3 is 2.53 bits per heavy atom. The summed E-state index contributed by atoms with van der Waals surface area (Å²) in [5.41, 5.74) is 5.95. The molecule has 0 aliphatic rings. The molecule has 1 aromatic rings. The minimum Gasteiger partial charge on any atom is -0.507 e. The van der Waals surface area contributed by atoms with Crippen molar-refractivity contribution in [2.45, 2.75) is 19.1 Å². The molecule has 15 heavy (non-hydrogen) atoms. The molecule has 0 aliphatic carbocycles. The van der Waals surface area contributed by atoms with E-state index in [2.05, 4.69) is 0 Å². The largest absolute Gasteiger partial charge is 0.507 e. The van der Waals surface area contributed by atoms with Gasteiger partial charge in [0.05, 0.1) is 6.10 Å². The fraction of sp³-hybridized carbons (Fsp3) is 0.400. The summed E-state index contributed by atoms with van der Waals surface area (Å²) in [6.07, 6.45) is -2.35. The van der Waals surface area contributed by atoms with E-state index >= 15 is 0 Å². The number of halogens is 1. The van der Waals surface area contributed by atoms with Crippen LogP contribution in [0.25, 0.3) is 0 Å². The third-order valence-corrected chi connectivity index (χ3v) is 2.44. The van der Waals surface area contributed by atoms with Crippen molar-refractivity contribution >= 4 is 11.6 Å². The lowest BCUT2D eigenvalue weighted by molar-refractivity contribution is 0.0229. The van der Waals surface area contributed by atoms with E-state index in [4.69, 9.17) is 17.3 Å². The van der Waals surface area contributed by atoms with Gasteiger partial charge >= 0.3 is 0 Å². The van der Waals surface area contributed by atoms with Gasteiger partial charge in [0.1, 0.15) is 11.9 Å². The second kappa shape index (κ2) is 4.81. The summed E-state index contributed by atoms with van der Waals surface area (Å²) in [5.74, 6) is -0.0700. The van der Waals surface area contributed by atoms with Gasteiger partial charge in [-0.2, -0.15) is 0 Å². The van der Waals surface area contributed by atoms with E-state index in [1.807, 2.05) is 0 Å². The Labute approximate surface area is 92.9 Å². The van der Waals surface area contributed by atoms with Crippen molar-refractivity contribution in [2.75, 3.05) is 6.54 Å². The van der Waals surface area contributed by atoms with E-state index in [0.29, 0.717) is 10.6 Å². The summed E-state index contributed by atoms with van der Waals surface area (Å²) >= 11 is 5.78. The van der Waals surface area contributed by atoms with Gasteiger partial charge < -0.3 is 21.1 Å². The molecule has 0 aromatic heterocycles. The Morgan fingerprint density at radius 2 is 2.00 bits per heavy atom. The molecule has 0 radical (unpaired) electrons.